The van der Waals surface area contributed by atoms with Gasteiger partial charge in [0.05, 0.1) is 12.2 Å². The van der Waals surface area contributed by atoms with Crippen molar-refractivity contribution in [2.45, 2.75) is 32.9 Å². The topological polar surface area (TPSA) is 74.3 Å². The second-order valence-corrected chi connectivity index (χ2v) is 8.65. The van der Waals surface area contributed by atoms with E-state index in [4.69, 9.17) is 0 Å². The third-order valence-electron chi connectivity index (χ3n) is 4.90. The smallest absolute Gasteiger partial charge is 0.321 e. The van der Waals surface area contributed by atoms with Gasteiger partial charge in [0, 0.05) is 29.4 Å². The van der Waals surface area contributed by atoms with E-state index in [9.17, 15) is 9.59 Å². The first-order valence-corrected chi connectivity index (χ1v) is 10.8. The Morgan fingerprint density at radius 1 is 1.03 bits per heavy atom. The molecule has 4 rings (SSSR count). The highest BCUT2D eigenvalue weighted by molar-refractivity contribution is 7.15. The van der Waals surface area contributed by atoms with Gasteiger partial charge in [0.1, 0.15) is 0 Å². The number of benzene rings is 2. The first-order chi connectivity index (χ1) is 14.5. The van der Waals surface area contributed by atoms with Crippen LogP contribution in [0.4, 0.5) is 9.93 Å². The van der Waals surface area contributed by atoms with Crippen molar-refractivity contribution in [3.8, 4) is 11.1 Å². The molecule has 2 N–H and O–H groups in total. The van der Waals surface area contributed by atoms with Gasteiger partial charge >= 0.3 is 6.03 Å². The van der Waals surface area contributed by atoms with Gasteiger partial charge in [-0.25, -0.2) is 9.78 Å². The van der Waals surface area contributed by atoms with E-state index in [1.54, 1.807) is 0 Å². The average Bonchev–Trinajstić information content (AvgIpc) is 3.14. The van der Waals surface area contributed by atoms with Gasteiger partial charge in [0.15, 0.2) is 5.13 Å². The monoisotopic (exact) mass is 420 g/mol. The molecule has 2 aromatic carbocycles. The van der Waals surface area contributed by atoms with Crippen LogP contribution < -0.4 is 10.6 Å². The van der Waals surface area contributed by atoms with Crippen molar-refractivity contribution in [2.75, 3.05) is 11.9 Å². The molecule has 7 heteroatoms. The van der Waals surface area contributed by atoms with Gasteiger partial charge in [-0.1, -0.05) is 53.8 Å². The number of hydrogen-bond acceptors (Lipinski definition) is 4. The molecule has 3 amide bonds. The predicted octanol–water partition coefficient (Wildman–Crippen LogP) is 4.54. The fourth-order valence-corrected chi connectivity index (χ4v) is 4.45. The van der Waals surface area contributed by atoms with Gasteiger partial charge in [-0.15, -0.1) is 0 Å². The summed E-state index contributed by atoms with van der Waals surface area (Å²) in [5.41, 5.74) is 3.86. The summed E-state index contributed by atoms with van der Waals surface area (Å²) in [7, 11) is 0. The molecule has 0 spiro atoms. The van der Waals surface area contributed by atoms with E-state index in [1.165, 1.54) is 11.3 Å². The van der Waals surface area contributed by atoms with E-state index in [0.717, 1.165) is 21.7 Å². The predicted molar refractivity (Wildman–Crippen MR) is 120 cm³/mol. The summed E-state index contributed by atoms with van der Waals surface area (Å²) in [5.74, 6) is 0.0146. The number of fused-ring (bicyclic) bond motifs is 1. The highest BCUT2D eigenvalue weighted by atomic mass is 32.1. The highest BCUT2D eigenvalue weighted by Gasteiger charge is 2.25. The summed E-state index contributed by atoms with van der Waals surface area (Å²) in [6.07, 6.45) is 0.688. The molecule has 0 fully saturated rings. The lowest BCUT2D eigenvalue weighted by Crippen LogP contribution is -2.35. The number of anilines is 1. The summed E-state index contributed by atoms with van der Waals surface area (Å²) < 4.78 is 0. The molecule has 1 aromatic heterocycles. The number of carbonyl (C=O) groups is 2. The van der Waals surface area contributed by atoms with E-state index in [-0.39, 0.29) is 18.0 Å². The van der Waals surface area contributed by atoms with Crippen LogP contribution in [0.25, 0.3) is 11.1 Å². The summed E-state index contributed by atoms with van der Waals surface area (Å²) in [4.78, 5) is 32.3. The Kier molecular flexibility index (Phi) is 5.81. The number of hydrogen-bond donors (Lipinski definition) is 2. The van der Waals surface area contributed by atoms with Crippen LogP contribution in [0, 0.1) is 0 Å². The molecule has 1 aliphatic heterocycles. The van der Waals surface area contributed by atoms with E-state index in [2.05, 4.69) is 27.8 Å². The maximum absolute atomic E-state index is 13.0. The van der Waals surface area contributed by atoms with Crippen LogP contribution in [-0.4, -0.2) is 34.4 Å². The molecule has 6 nitrogen and oxygen atoms in total. The van der Waals surface area contributed by atoms with Crippen LogP contribution in [0.15, 0.2) is 54.6 Å². The maximum atomic E-state index is 13.0. The largest absolute Gasteiger partial charge is 0.336 e. The van der Waals surface area contributed by atoms with Gasteiger partial charge in [-0.3, -0.25) is 10.1 Å². The number of rotatable bonds is 4. The Labute approximate surface area is 180 Å². The molecule has 1 aliphatic rings. The summed E-state index contributed by atoms with van der Waals surface area (Å²) in [6, 6.07) is 17.6. The molecule has 2 heterocycles. The molecule has 0 aliphatic carbocycles. The number of amides is 3. The molecule has 30 heavy (non-hydrogen) atoms. The Bertz CT molecular complexity index is 1040. The van der Waals surface area contributed by atoms with Crippen LogP contribution in [0.2, 0.25) is 0 Å². The van der Waals surface area contributed by atoms with Crippen molar-refractivity contribution >= 4 is 28.4 Å². The average molecular weight is 421 g/mol. The molecule has 0 bridgehead atoms. The lowest BCUT2D eigenvalue weighted by Gasteiger charge is -2.26. The third kappa shape index (κ3) is 4.52. The first kappa shape index (κ1) is 20.1. The zero-order valence-electron chi connectivity index (χ0n) is 17.0. The fourth-order valence-electron chi connectivity index (χ4n) is 3.44. The molecule has 3 aromatic rings. The molecular weight excluding hydrogens is 396 g/mol. The fraction of sp³-hybridized carbons (Fsp3) is 0.261. The number of nitrogens with zero attached hydrogens (tertiary/aromatic N) is 2. The molecule has 0 unspecified atom stereocenters. The van der Waals surface area contributed by atoms with Crippen molar-refractivity contribution in [2.24, 2.45) is 0 Å². The van der Waals surface area contributed by atoms with Crippen molar-refractivity contribution in [1.82, 2.24) is 15.2 Å². The number of urea groups is 1. The molecule has 0 atom stereocenters. The minimum Gasteiger partial charge on any atom is -0.336 e. The normalized spacial score (nSPS) is 13.1. The lowest BCUT2D eigenvalue weighted by molar-refractivity contribution is 0.0736. The molecular formula is C23H24N4O2S. The quantitative estimate of drug-likeness (QED) is 0.651. The number of nitrogens with one attached hydrogen (secondary N) is 2. The van der Waals surface area contributed by atoms with Crippen LogP contribution in [-0.2, 0) is 13.0 Å². The third-order valence-corrected chi connectivity index (χ3v) is 5.90. The van der Waals surface area contributed by atoms with Gasteiger partial charge in [0.2, 0.25) is 0 Å². The molecule has 0 saturated heterocycles. The van der Waals surface area contributed by atoms with Crippen molar-refractivity contribution in [3.05, 3.63) is 70.7 Å². The number of thiazole rings is 1. The standard InChI is InChI=1S/C23H24N4O2S/c1-15(2)24-22(29)26-23-25-19-12-13-27(14-20(19)30-23)21(28)18-10-8-17(9-11-18)16-6-4-3-5-7-16/h3-11,15H,12-14H2,1-2H3,(H2,24,25,26,29). The Balaban J connectivity index is 1.43. The zero-order valence-corrected chi connectivity index (χ0v) is 17.8. The second kappa shape index (κ2) is 8.67. The Morgan fingerprint density at radius 3 is 2.43 bits per heavy atom. The Morgan fingerprint density at radius 2 is 1.73 bits per heavy atom. The molecule has 0 radical (unpaired) electrons. The van der Waals surface area contributed by atoms with Crippen molar-refractivity contribution in [1.29, 1.82) is 0 Å². The van der Waals surface area contributed by atoms with E-state index >= 15 is 0 Å². The van der Waals surface area contributed by atoms with Crippen LogP contribution >= 0.6 is 11.3 Å². The Hall–Kier alpha value is -3.19. The summed E-state index contributed by atoms with van der Waals surface area (Å²) in [6.45, 7) is 4.94. The van der Waals surface area contributed by atoms with Crippen molar-refractivity contribution in [3.63, 3.8) is 0 Å². The van der Waals surface area contributed by atoms with E-state index in [0.29, 0.717) is 30.2 Å². The highest BCUT2D eigenvalue weighted by Crippen LogP contribution is 2.29. The van der Waals surface area contributed by atoms with Gasteiger partial charge in [-0.05, 0) is 37.1 Å². The minimum absolute atomic E-state index is 0.0146. The van der Waals surface area contributed by atoms with E-state index < -0.39 is 0 Å². The minimum atomic E-state index is -0.262. The number of aromatic nitrogens is 1. The number of carbonyl (C=O) groups excluding carboxylic acids is 2. The van der Waals surface area contributed by atoms with Crippen LogP contribution in [0.1, 0.15) is 34.8 Å². The van der Waals surface area contributed by atoms with Gasteiger partial charge < -0.3 is 10.2 Å². The van der Waals surface area contributed by atoms with Crippen LogP contribution in [0.5, 0.6) is 0 Å². The zero-order chi connectivity index (χ0) is 21.1. The lowest BCUT2D eigenvalue weighted by atomic mass is 10.0. The molecule has 154 valence electrons. The first-order valence-electron chi connectivity index (χ1n) is 10.0. The van der Waals surface area contributed by atoms with Crippen LogP contribution in [0.3, 0.4) is 0 Å². The SMILES string of the molecule is CC(C)NC(=O)Nc1nc2c(s1)CN(C(=O)c1ccc(-c3ccccc3)cc1)CC2. The van der Waals surface area contributed by atoms with Crippen molar-refractivity contribution < 1.29 is 9.59 Å². The van der Waals surface area contributed by atoms with E-state index in [1.807, 2.05) is 61.2 Å². The summed E-state index contributed by atoms with van der Waals surface area (Å²) >= 11 is 1.43. The van der Waals surface area contributed by atoms with Gasteiger partial charge in [-0.2, -0.15) is 0 Å². The molecule has 0 saturated carbocycles. The van der Waals surface area contributed by atoms with Gasteiger partial charge in [0.25, 0.3) is 5.91 Å². The maximum Gasteiger partial charge on any atom is 0.321 e. The summed E-state index contributed by atoms with van der Waals surface area (Å²) in [5, 5.41) is 6.14. The second-order valence-electron chi connectivity index (χ2n) is 7.56.